The highest BCUT2D eigenvalue weighted by atomic mass is 32.2. The van der Waals surface area contributed by atoms with Crippen LogP contribution in [0.2, 0.25) is 0 Å². The maximum atomic E-state index is 12.3. The van der Waals surface area contributed by atoms with Crippen molar-refractivity contribution >= 4 is 82.0 Å². The van der Waals surface area contributed by atoms with Crippen molar-refractivity contribution in [2.75, 3.05) is 37.7 Å². The Kier molecular flexibility index (Phi) is 32.8. The van der Waals surface area contributed by atoms with E-state index in [1.807, 2.05) is 0 Å². The number of thioether (sulfide) groups is 2. The molecule has 18 heteroatoms. The molecule has 320 valence electrons. The molecule has 4 atom stereocenters. The van der Waals surface area contributed by atoms with E-state index in [0.717, 1.165) is 55.6 Å². The predicted octanol–water partition coefficient (Wildman–Crippen LogP) is 2.71. The van der Waals surface area contributed by atoms with Gasteiger partial charge in [0.1, 0.15) is 39.9 Å². The molecule has 0 aromatic heterocycles. The number of Topliss-reactive ketones (excluding diaryl/α,β-unsaturated/α-hetero) is 6. The normalized spacial score (nSPS) is 12.8. The third-order valence-electron chi connectivity index (χ3n) is 8.12. The van der Waals surface area contributed by atoms with Gasteiger partial charge in [-0.1, -0.05) is 26.7 Å². The van der Waals surface area contributed by atoms with Crippen LogP contribution in [0.25, 0.3) is 0 Å². The van der Waals surface area contributed by atoms with Crippen LogP contribution in [0, 0.1) is 0 Å². The van der Waals surface area contributed by atoms with Crippen molar-refractivity contribution in [3.05, 3.63) is 0 Å². The quantitative estimate of drug-likeness (QED) is 0.0510. The van der Waals surface area contributed by atoms with Crippen molar-refractivity contribution in [2.24, 2.45) is 0 Å². The smallest absolute Gasteiger partial charge is 0.317 e. The van der Waals surface area contributed by atoms with Gasteiger partial charge in [0.05, 0.1) is 36.8 Å². The summed E-state index contributed by atoms with van der Waals surface area (Å²) in [5.74, 6) is -2.72. The Balaban J connectivity index is 0. The van der Waals surface area contributed by atoms with E-state index in [4.69, 9.17) is 5.11 Å². The Morgan fingerprint density at radius 1 is 0.554 bits per heavy atom. The van der Waals surface area contributed by atoms with Crippen LogP contribution in [0.4, 0.5) is 0 Å². The average Bonchev–Trinajstić information content (AvgIpc) is 3.12. The molecule has 0 bridgehead atoms. The van der Waals surface area contributed by atoms with Crippen molar-refractivity contribution in [3.63, 3.8) is 0 Å². The predicted molar refractivity (Wildman–Crippen MR) is 217 cm³/mol. The Morgan fingerprint density at radius 2 is 0.982 bits per heavy atom. The summed E-state index contributed by atoms with van der Waals surface area (Å²) in [7, 11) is 0. The van der Waals surface area contributed by atoms with Gasteiger partial charge in [-0.15, -0.1) is 23.5 Å². The molecule has 0 rings (SSSR count). The standard InChI is InChI=1S/2C19H32N2O6S/c1-4-15(24)11-21-16(14(3)23)12-28-17(10-18(25)26)19(27)20-9-7-5-6-8-13(2)22;1-4-15(24)11-21-16(14(3)23)12-28-17(19(26)27)10-18(25)20-9-7-5-6-8-13(2)22/h16-17,21H,4-12H2,1-3H3,(H,20,27)(H,25,26);16-17,21H,4-12H2,1-3H3,(H,20,25)(H,26,27). The van der Waals surface area contributed by atoms with Crippen LogP contribution in [0.3, 0.4) is 0 Å². The molecule has 0 saturated heterocycles. The monoisotopic (exact) mass is 832 g/mol. The Hall–Kier alpha value is -3.48. The number of hydrogen-bond donors (Lipinski definition) is 6. The van der Waals surface area contributed by atoms with E-state index in [2.05, 4.69) is 21.3 Å². The molecule has 0 aromatic rings. The van der Waals surface area contributed by atoms with Gasteiger partial charge in [0.25, 0.3) is 0 Å². The van der Waals surface area contributed by atoms with Crippen LogP contribution >= 0.6 is 23.5 Å². The van der Waals surface area contributed by atoms with Crippen LogP contribution in [0.5, 0.6) is 0 Å². The molecule has 0 fully saturated rings. The molecule has 56 heavy (non-hydrogen) atoms. The molecular weight excluding hydrogens is 769 g/mol. The molecule has 6 N–H and O–H groups in total. The minimum Gasteiger partial charge on any atom is -0.481 e. The van der Waals surface area contributed by atoms with Crippen LogP contribution < -0.4 is 21.3 Å². The van der Waals surface area contributed by atoms with Gasteiger partial charge < -0.3 is 30.4 Å². The second-order valence-electron chi connectivity index (χ2n) is 13.3. The van der Waals surface area contributed by atoms with Crippen LogP contribution in [0.15, 0.2) is 0 Å². The largest absolute Gasteiger partial charge is 0.481 e. The van der Waals surface area contributed by atoms with E-state index in [0.29, 0.717) is 45.2 Å². The number of nitrogens with one attached hydrogen (secondary N) is 4. The summed E-state index contributed by atoms with van der Waals surface area (Å²) in [6.45, 7) is 10.3. The number of aliphatic carboxylic acids is 2. The second kappa shape index (κ2) is 33.6. The third-order valence-corrected chi connectivity index (χ3v) is 10.7. The summed E-state index contributed by atoms with van der Waals surface area (Å²) in [4.78, 5) is 115. The minimum atomic E-state index is -1.12. The lowest BCUT2D eigenvalue weighted by Gasteiger charge is -2.19. The SMILES string of the molecule is CCC(=O)CNC(CSC(CC(=O)NCCCCCC(C)=O)C(=O)O)C(C)=O.CCC(=O)CNC(CSC(CC(=O)O)C(=O)NCCCCCC(C)=O)C(C)=O. The number of carbonyl (C=O) groups is 10. The van der Waals surface area contributed by atoms with Crippen molar-refractivity contribution in [1.29, 1.82) is 0 Å². The molecule has 0 radical (unpaired) electrons. The Morgan fingerprint density at radius 3 is 1.36 bits per heavy atom. The highest BCUT2D eigenvalue weighted by Gasteiger charge is 2.26. The molecule has 0 aliphatic heterocycles. The molecule has 4 unspecified atom stereocenters. The number of carbonyl (C=O) groups excluding carboxylic acids is 8. The first-order chi connectivity index (χ1) is 26.3. The summed E-state index contributed by atoms with van der Waals surface area (Å²) < 4.78 is 0. The van der Waals surface area contributed by atoms with Crippen molar-refractivity contribution < 1.29 is 58.2 Å². The van der Waals surface area contributed by atoms with Crippen molar-refractivity contribution in [2.45, 2.75) is 141 Å². The van der Waals surface area contributed by atoms with Crippen LogP contribution in [0.1, 0.15) is 119 Å². The van der Waals surface area contributed by atoms with E-state index in [9.17, 15) is 53.1 Å². The molecule has 0 saturated carbocycles. The lowest BCUT2D eigenvalue weighted by Crippen LogP contribution is -2.42. The van der Waals surface area contributed by atoms with Crippen LogP contribution in [-0.4, -0.2) is 129 Å². The highest BCUT2D eigenvalue weighted by molar-refractivity contribution is 8.00. The fourth-order valence-corrected chi connectivity index (χ4v) is 7.00. The average molecular weight is 833 g/mol. The number of ketones is 6. The molecule has 16 nitrogen and oxygen atoms in total. The fraction of sp³-hybridized carbons (Fsp3) is 0.737. The number of carboxylic acid groups (broad SMARTS) is 2. The lowest BCUT2D eigenvalue weighted by atomic mass is 10.1. The van der Waals surface area contributed by atoms with E-state index in [1.54, 1.807) is 20.8 Å². The molecule has 2 amide bonds. The molecule has 0 aromatic carbocycles. The summed E-state index contributed by atoms with van der Waals surface area (Å²) in [5.41, 5.74) is 0. The van der Waals surface area contributed by atoms with Gasteiger partial charge in [0, 0.05) is 56.7 Å². The van der Waals surface area contributed by atoms with E-state index in [-0.39, 0.29) is 84.0 Å². The van der Waals surface area contributed by atoms with Gasteiger partial charge in [0.2, 0.25) is 11.8 Å². The third kappa shape index (κ3) is 31.7. The molecule has 0 spiro atoms. The Labute approximate surface area is 339 Å². The van der Waals surface area contributed by atoms with E-state index in [1.165, 1.54) is 20.8 Å². The zero-order valence-corrected chi connectivity index (χ0v) is 35.5. The number of hydrogen-bond acceptors (Lipinski definition) is 14. The number of rotatable bonds is 34. The fourth-order valence-electron chi connectivity index (χ4n) is 4.54. The van der Waals surface area contributed by atoms with Gasteiger partial charge in [-0.05, 0) is 53.4 Å². The van der Waals surface area contributed by atoms with E-state index < -0.39 is 34.5 Å². The maximum absolute atomic E-state index is 12.3. The highest BCUT2D eigenvalue weighted by Crippen LogP contribution is 2.18. The Bertz CT molecular complexity index is 1300. The lowest BCUT2D eigenvalue weighted by molar-refractivity contribution is -0.138. The first kappa shape index (κ1) is 54.6. The number of unbranched alkanes of at least 4 members (excludes halogenated alkanes) is 4. The van der Waals surface area contributed by atoms with Crippen molar-refractivity contribution in [1.82, 2.24) is 21.3 Å². The van der Waals surface area contributed by atoms with Crippen molar-refractivity contribution in [3.8, 4) is 0 Å². The topological polar surface area (TPSA) is 259 Å². The summed E-state index contributed by atoms with van der Waals surface area (Å²) in [6, 6.07) is -1.25. The maximum Gasteiger partial charge on any atom is 0.317 e. The number of carboxylic acids is 2. The first-order valence-electron chi connectivity index (χ1n) is 19.1. The van der Waals surface area contributed by atoms with Crippen LogP contribution in [-0.2, 0) is 47.9 Å². The van der Waals surface area contributed by atoms with E-state index >= 15 is 0 Å². The molecule has 0 heterocycles. The van der Waals surface area contributed by atoms with Gasteiger partial charge in [-0.2, -0.15) is 0 Å². The summed E-state index contributed by atoms with van der Waals surface area (Å²) >= 11 is 2.11. The minimum absolute atomic E-state index is 0.0270. The first-order valence-corrected chi connectivity index (χ1v) is 21.2. The molecule has 0 aliphatic rings. The second-order valence-corrected chi connectivity index (χ2v) is 15.8. The van der Waals surface area contributed by atoms with Gasteiger partial charge >= 0.3 is 11.9 Å². The molecular formula is C38H64N4O12S2. The zero-order valence-electron chi connectivity index (χ0n) is 33.8. The van der Waals surface area contributed by atoms with Gasteiger partial charge in [-0.3, -0.25) is 49.0 Å². The summed E-state index contributed by atoms with van der Waals surface area (Å²) in [6.07, 6.45) is 5.83. The molecule has 0 aliphatic carbocycles. The number of amides is 2. The zero-order chi connectivity index (χ0) is 43.1. The summed E-state index contributed by atoms with van der Waals surface area (Å²) in [5, 5.41) is 27.7. The van der Waals surface area contributed by atoms with Gasteiger partial charge in [0.15, 0.2) is 0 Å². The van der Waals surface area contributed by atoms with Gasteiger partial charge in [-0.25, -0.2) is 0 Å².